The van der Waals surface area contributed by atoms with E-state index >= 15 is 0 Å². The first-order chi connectivity index (χ1) is 8.15. The maximum absolute atomic E-state index is 12.7. The van der Waals surface area contributed by atoms with E-state index in [0.29, 0.717) is 5.92 Å². The van der Waals surface area contributed by atoms with Crippen LogP contribution in [0.3, 0.4) is 0 Å². The number of hydrogen-bond acceptors (Lipinski definition) is 2. The van der Waals surface area contributed by atoms with Crippen molar-refractivity contribution in [3.63, 3.8) is 0 Å². The van der Waals surface area contributed by atoms with Gasteiger partial charge in [0.2, 0.25) is 0 Å². The van der Waals surface area contributed by atoms with Gasteiger partial charge in [0.1, 0.15) is 11.6 Å². The standard InChI is InChI=1S/C14H20FNO/c1-10(16)11-2-6-13(7-3-11)17-14-8-4-12(15)5-9-14/h4-5,8-11,13H,2-3,6-7,16H2,1H3/t10-,11?,13?/m0/s1. The minimum Gasteiger partial charge on any atom is -0.490 e. The number of halogens is 1. The molecule has 2 rings (SSSR count). The molecular formula is C14H20FNO. The SMILES string of the molecule is C[C@H](N)C1CCC(Oc2ccc(F)cc2)CC1. The Morgan fingerprint density at radius 1 is 1.18 bits per heavy atom. The highest BCUT2D eigenvalue weighted by atomic mass is 19.1. The van der Waals surface area contributed by atoms with Crippen molar-refractivity contribution >= 4 is 0 Å². The molecule has 1 aromatic carbocycles. The van der Waals surface area contributed by atoms with Crippen molar-refractivity contribution in [3.05, 3.63) is 30.1 Å². The summed E-state index contributed by atoms with van der Waals surface area (Å²) in [6.45, 7) is 2.08. The lowest BCUT2D eigenvalue weighted by atomic mass is 9.83. The highest BCUT2D eigenvalue weighted by Crippen LogP contribution is 2.29. The molecule has 1 saturated carbocycles. The molecule has 2 N–H and O–H groups in total. The normalized spacial score (nSPS) is 26.5. The number of ether oxygens (including phenoxy) is 1. The fraction of sp³-hybridized carbons (Fsp3) is 0.571. The smallest absolute Gasteiger partial charge is 0.123 e. The van der Waals surface area contributed by atoms with Gasteiger partial charge < -0.3 is 10.5 Å². The number of rotatable bonds is 3. The lowest BCUT2D eigenvalue weighted by molar-refractivity contribution is 0.125. The van der Waals surface area contributed by atoms with Crippen LogP contribution >= 0.6 is 0 Å². The van der Waals surface area contributed by atoms with Crippen LogP contribution in [0.15, 0.2) is 24.3 Å². The molecule has 94 valence electrons. The van der Waals surface area contributed by atoms with Crippen LogP contribution in [-0.4, -0.2) is 12.1 Å². The zero-order chi connectivity index (χ0) is 12.3. The van der Waals surface area contributed by atoms with E-state index in [0.717, 1.165) is 31.4 Å². The molecule has 0 aliphatic heterocycles. The molecular weight excluding hydrogens is 217 g/mol. The van der Waals surface area contributed by atoms with Gasteiger partial charge in [-0.25, -0.2) is 4.39 Å². The number of benzene rings is 1. The van der Waals surface area contributed by atoms with Crippen LogP contribution in [0.25, 0.3) is 0 Å². The second-order valence-electron chi connectivity index (χ2n) is 4.97. The summed E-state index contributed by atoms with van der Waals surface area (Å²) in [5.41, 5.74) is 5.90. The number of nitrogens with two attached hydrogens (primary N) is 1. The first-order valence-electron chi connectivity index (χ1n) is 6.33. The van der Waals surface area contributed by atoms with Crippen LogP contribution in [0.2, 0.25) is 0 Å². The van der Waals surface area contributed by atoms with E-state index in [1.54, 1.807) is 12.1 Å². The summed E-state index contributed by atoms with van der Waals surface area (Å²) in [7, 11) is 0. The Morgan fingerprint density at radius 2 is 1.76 bits per heavy atom. The van der Waals surface area contributed by atoms with E-state index in [2.05, 4.69) is 6.92 Å². The Hall–Kier alpha value is -1.09. The molecule has 0 radical (unpaired) electrons. The molecule has 0 saturated heterocycles. The quantitative estimate of drug-likeness (QED) is 0.876. The molecule has 0 bridgehead atoms. The Balaban J connectivity index is 1.84. The van der Waals surface area contributed by atoms with Crippen LogP contribution in [0.4, 0.5) is 4.39 Å². The van der Waals surface area contributed by atoms with E-state index in [-0.39, 0.29) is 18.0 Å². The topological polar surface area (TPSA) is 35.2 Å². The first kappa shape index (κ1) is 12.4. The van der Waals surface area contributed by atoms with Gasteiger partial charge in [-0.2, -0.15) is 0 Å². The van der Waals surface area contributed by atoms with Crippen LogP contribution in [0.5, 0.6) is 5.75 Å². The molecule has 1 aliphatic rings. The van der Waals surface area contributed by atoms with Gasteiger partial charge >= 0.3 is 0 Å². The first-order valence-corrected chi connectivity index (χ1v) is 6.33. The van der Waals surface area contributed by atoms with Gasteiger partial charge in [-0.15, -0.1) is 0 Å². The maximum Gasteiger partial charge on any atom is 0.123 e. The van der Waals surface area contributed by atoms with E-state index in [1.165, 1.54) is 12.1 Å². The van der Waals surface area contributed by atoms with Crippen LogP contribution in [0, 0.1) is 11.7 Å². The Bertz CT molecular complexity index is 342. The van der Waals surface area contributed by atoms with Crippen molar-refractivity contribution in [1.82, 2.24) is 0 Å². The van der Waals surface area contributed by atoms with Crippen LogP contribution in [-0.2, 0) is 0 Å². The van der Waals surface area contributed by atoms with Crippen molar-refractivity contribution in [2.45, 2.75) is 44.8 Å². The van der Waals surface area contributed by atoms with Crippen molar-refractivity contribution in [2.24, 2.45) is 11.7 Å². The zero-order valence-electron chi connectivity index (χ0n) is 10.2. The molecule has 2 nitrogen and oxygen atoms in total. The van der Waals surface area contributed by atoms with E-state index in [4.69, 9.17) is 10.5 Å². The summed E-state index contributed by atoms with van der Waals surface area (Å²) in [5, 5.41) is 0. The maximum atomic E-state index is 12.7. The summed E-state index contributed by atoms with van der Waals surface area (Å²) in [6.07, 6.45) is 4.61. The third-order valence-electron chi connectivity index (χ3n) is 3.58. The largest absolute Gasteiger partial charge is 0.490 e. The lowest BCUT2D eigenvalue weighted by Gasteiger charge is -2.30. The van der Waals surface area contributed by atoms with E-state index in [1.807, 2.05) is 0 Å². The minimum atomic E-state index is -0.224. The van der Waals surface area contributed by atoms with Gasteiger partial charge in [0.25, 0.3) is 0 Å². The Labute approximate surface area is 102 Å². The molecule has 0 amide bonds. The summed E-state index contributed by atoms with van der Waals surface area (Å²) in [5.74, 6) is 1.16. The highest BCUT2D eigenvalue weighted by molar-refractivity contribution is 5.22. The molecule has 0 heterocycles. The van der Waals surface area contributed by atoms with Gasteiger partial charge in [-0.05, 0) is 62.8 Å². The predicted octanol–water partition coefficient (Wildman–Crippen LogP) is 3.11. The minimum absolute atomic E-state index is 0.224. The third kappa shape index (κ3) is 3.43. The van der Waals surface area contributed by atoms with E-state index in [9.17, 15) is 4.39 Å². The van der Waals surface area contributed by atoms with Gasteiger partial charge in [0.15, 0.2) is 0 Å². The molecule has 1 aromatic rings. The number of hydrogen-bond donors (Lipinski definition) is 1. The second-order valence-corrected chi connectivity index (χ2v) is 4.97. The molecule has 1 aliphatic carbocycles. The molecule has 17 heavy (non-hydrogen) atoms. The zero-order valence-corrected chi connectivity index (χ0v) is 10.2. The van der Waals surface area contributed by atoms with Gasteiger partial charge in [-0.1, -0.05) is 0 Å². The van der Waals surface area contributed by atoms with E-state index < -0.39 is 0 Å². The lowest BCUT2D eigenvalue weighted by Crippen LogP contribution is -2.33. The Morgan fingerprint density at radius 3 is 2.29 bits per heavy atom. The van der Waals surface area contributed by atoms with Crippen molar-refractivity contribution in [1.29, 1.82) is 0 Å². The molecule has 1 atom stereocenters. The molecule has 0 aromatic heterocycles. The fourth-order valence-corrected chi connectivity index (χ4v) is 2.44. The molecule has 1 fully saturated rings. The van der Waals surface area contributed by atoms with Gasteiger partial charge in [0.05, 0.1) is 6.10 Å². The molecule has 0 unspecified atom stereocenters. The highest BCUT2D eigenvalue weighted by Gasteiger charge is 2.24. The Kier molecular flexibility index (Phi) is 4.00. The van der Waals surface area contributed by atoms with Crippen LogP contribution < -0.4 is 10.5 Å². The summed E-state index contributed by atoms with van der Waals surface area (Å²) in [4.78, 5) is 0. The van der Waals surface area contributed by atoms with Crippen molar-refractivity contribution in [2.75, 3.05) is 0 Å². The van der Waals surface area contributed by atoms with Gasteiger partial charge in [0, 0.05) is 6.04 Å². The average molecular weight is 237 g/mol. The summed E-state index contributed by atoms with van der Waals surface area (Å²) < 4.78 is 18.6. The monoisotopic (exact) mass is 237 g/mol. The third-order valence-corrected chi connectivity index (χ3v) is 3.58. The summed E-state index contributed by atoms with van der Waals surface area (Å²) >= 11 is 0. The predicted molar refractivity (Wildman–Crippen MR) is 66.4 cm³/mol. The van der Waals surface area contributed by atoms with Crippen molar-refractivity contribution < 1.29 is 9.13 Å². The summed E-state index contributed by atoms with van der Waals surface area (Å²) in [6, 6.07) is 6.52. The average Bonchev–Trinajstić information content (AvgIpc) is 2.33. The van der Waals surface area contributed by atoms with Crippen molar-refractivity contribution in [3.8, 4) is 5.75 Å². The second kappa shape index (κ2) is 5.50. The fourth-order valence-electron chi connectivity index (χ4n) is 2.44. The van der Waals surface area contributed by atoms with Gasteiger partial charge in [-0.3, -0.25) is 0 Å². The molecule has 3 heteroatoms. The van der Waals surface area contributed by atoms with Crippen LogP contribution in [0.1, 0.15) is 32.6 Å². The molecule has 0 spiro atoms.